The number of H-pyrrole nitrogens is 1. The molecule has 5 nitrogen and oxygen atoms in total. The third-order valence-electron chi connectivity index (χ3n) is 4.41. The van der Waals surface area contributed by atoms with Gasteiger partial charge in [0.2, 0.25) is 11.8 Å². The van der Waals surface area contributed by atoms with Crippen LogP contribution in [0.5, 0.6) is 0 Å². The number of para-hydroxylation sites is 1. The van der Waals surface area contributed by atoms with Crippen LogP contribution in [0.3, 0.4) is 0 Å². The normalized spacial score (nSPS) is 20.6. The summed E-state index contributed by atoms with van der Waals surface area (Å²) in [5, 5.41) is 6.67. The Morgan fingerprint density at radius 1 is 1.12 bits per heavy atom. The fourth-order valence-corrected chi connectivity index (χ4v) is 3.06. The number of rotatable bonds is 4. The third-order valence-corrected chi connectivity index (χ3v) is 4.41. The highest BCUT2D eigenvalue weighted by Crippen LogP contribution is 2.25. The van der Waals surface area contributed by atoms with Crippen LogP contribution in [0.15, 0.2) is 35.9 Å². The predicted octanol–water partition coefficient (Wildman–Crippen LogP) is 2.22. The van der Waals surface area contributed by atoms with Gasteiger partial charge in [0.05, 0.1) is 0 Å². The van der Waals surface area contributed by atoms with Crippen LogP contribution >= 0.6 is 0 Å². The van der Waals surface area contributed by atoms with E-state index >= 15 is 0 Å². The Morgan fingerprint density at radius 3 is 2.62 bits per heavy atom. The zero-order valence-corrected chi connectivity index (χ0v) is 14.3. The molecule has 3 rings (SSSR count). The summed E-state index contributed by atoms with van der Waals surface area (Å²) in [4.78, 5) is 27.6. The average molecular weight is 325 g/mol. The summed E-state index contributed by atoms with van der Waals surface area (Å²) in [6, 6.07) is 7.07. The summed E-state index contributed by atoms with van der Waals surface area (Å²) in [7, 11) is 0. The first-order chi connectivity index (χ1) is 11.5. The summed E-state index contributed by atoms with van der Waals surface area (Å²) in [6.45, 7) is 5.83. The molecule has 1 aliphatic rings. The molecule has 1 saturated heterocycles. The van der Waals surface area contributed by atoms with Crippen molar-refractivity contribution in [2.24, 2.45) is 0 Å². The number of fused-ring (bicyclic) bond motifs is 1. The predicted molar refractivity (Wildman–Crippen MR) is 94.7 cm³/mol. The number of carbonyl (C=O) groups excluding carboxylic acids is 2. The fourth-order valence-electron chi connectivity index (χ4n) is 3.06. The van der Waals surface area contributed by atoms with E-state index in [2.05, 4.69) is 41.6 Å². The van der Waals surface area contributed by atoms with E-state index in [1.54, 1.807) is 6.92 Å². The van der Waals surface area contributed by atoms with Gasteiger partial charge in [0.1, 0.15) is 12.1 Å². The van der Waals surface area contributed by atoms with Gasteiger partial charge in [-0.3, -0.25) is 9.59 Å². The Hall–Kier alpha value is -2.56. The zero-order valence-electron chi connectivity index (χ0n) is 14.3. The van der Waals surface area contributed by atoms with E-state index in [1.165, 1.54) is 5.57 Å². The number of aromatic nitrogens is 1. The van der Waals surface area contributed by atoms with E-state index in [-0.39, 0.29) is 11.8 Å². The second-order valence-electron chi connectivity index (χ2n) is 6.61. The van der Waals surface area contributed by atoms with E-state index in [4.69, 9.17) is 0 Å². The lowest BCUT2D eigenvalue weighted by atomic mass is 9.98. The minimum absolute atomic E-state index is 0.124. The third kappa shape index (κ3) is 3.20. The second kappa shape index (κ2) is 6.51. The summed E-state index contributed by atoms with van der Waals surface area (Å²) in [6.07, 6.45) is 3.43. The van der Waals surface area contributed by atoms with Crippen LogP contribution in [0, 0.1) is 0 Å². The first-order valence-corrected chi connectivity index (χ1v) is 8.28. The molecule has 1 aliphatic heterocycles. The molecule has 2 amide bonds. The molecule has 0 aliphatic carbocycles. The Bertz CT molecular complexity index is 815. The van der Waals surface area contributed by atoms with Gasteiger partial charge in [-0.15, -0.1) is 0 Å². The smallest absolute Gasteiger partial charge is 0.243 e. The van der Waals surface area contributed by atoms with Gasteiger partial charge in [0, 0.05) is 29.4 Å². The summed E-state index contributed by atoms with van der Waals surface area (Å²) in [5.41, 5.74) is 4.49. The number of piperazine rings is 1. The van der Waals surface area contributed by atoms with Crippen molar-refractivity contribution >= 4 is 22.7 Å². The second-order valence-corrected chi connectivity index (χ2v) is 6.61. The van der Waals surface area contributed by atoms with Crippen LogP contribution in [0.1, 0.15) is 32.0 Å². The molecule has 0 saturated carbocycles. The lowest BCUT2D eigenvalue weighted by Crippen LogP contribution is -2.61. The van der Waals surface area contributed by atoms with Gasteiger partial charge in [-0.1, -0.05) is 29.8 Å². The quantitative estimate of drug-likeness (QED) is 0.754. The number of nitrogens with one attached hydrogen (secondary N) is 3. The molecular weight excluding hydrogens is 302 g/mol. The standard InChI is InChI=1S/C19H23N3O2/c1-11(2)8-9-16-14(13-6-4-5-7-15(13)21-16)10-17-19(24)20-12(3)18(23)22-17/h4-8,12,17,21H,9-10H2,1-3H3,(H,20,24)(H,22,23)/t12-,17-/m1/s1. The molecule has 24 heavy (non-hydrogen) atoms. The topological polar surface area (TPSA) is 74.0 Å². The van der Waals surface area contributed by atoms with Crippen molar-refractivity contribution in [2.75, 3.05) is 0 Å². The fraction of sp³-hybridized carbons (Fsp3) is 0.368. The molecule has 2 atom stereocenters. The number of allylic oxidation sites excluding steroid dienone is 2. The largest absolute Gasteiger partial charge is 0.358 e. The minimum Gasteiger partial charge on any atom is -0.358 e. The highest BCUT2D eigenvalue weighted by molar-refractivity contribution is 5.97. The Labute approximate surface area is 141 Å². The first-order valence-electron chi connectivity index (χ1n) is 8.28. The highest BCUT2D eigenvalue weighted by Gasteiger charge is 2.32. The molecule has 1 aromatic carbocycles. The Balaban J connectivity index is 1.95. The van der Waals surface area contributed by atoms with Crippen molar-refractivity contribution in [2.45, 2.75) is 45.7 Å². The minimum atomic E-state index is -0.529. The zero-order chi connectivity index (χ0) is 17.3. The van der Waals surface area contributed by atoms with Crippen LogP contribution in [0.2, 0.25) is 0 Å². The van der Waals surface area contributed by atoms with Gasteiger partial charge >= 0.3 is 0 Å². The van der Waals surface area contributed by atoms with Gasteiger partial charge in [0.15, 0.2) is 0 Å². The molecule has 2 aromatic rings. The van der Waals surface area contributed by atoms with Crippen molar-refractivity contribution in [3.63, 3.8) is 0 Å². The molecule has 1 fully saturated rings. The van der Waals surface area contributed by atoms with Gasteiger partial charge in [-0.2, -0.15) is 0 Å². The van der Waals surface area contributed by atoms with Gasteiger partial charge in [-0.05, 0) is 32.4 Å². The van der Waals surface area contributed by atoms with Gasteiger partial charge in [0.25, 0.3) is 0 Å². The molecule has 0 radical (unpaired) electrons. The van der Waals surface area contributed by atoms with Gasteiger partial charge in [-0.25, -0.2) is 0 Å². The molecule has 2 heterocycles. The Kier molecular flexibility index (Phi) is 4.42. The van der Waals surface area contributed by atoms with Crippen LogP contribution in [0.4, 0.5) is 0 Å². The van der Waals surface area contributed by atoms with Crippen LogP contribution in [-0.2, 0) is 22.4 Å². The molecule has 0 spiro atoms. The first kappa shape index (κ1) is 16.3. The number of benzene rings is 1. The SMILES string of the molecule is CC(C)=CCc1[nH]c2ccccc2c1C[C@H]1NC(=O)[C@@H](C)NC1=O. The lowest BCUT2D eigenvalue weighted by molar-refractivity contribution is -0.136. The summed E-state index contributed by atoms with van der Waals surface area (Å²) >= 11 is 0. The molecule has 1 aromatic heterocycles. The molecule has 5 heteroatoms. The number of aromatic amines is 1. The lowest BCUT2D eigenvalue weighted by Gasteiger charge is -2.27. The van der Waals surface area contributed by atoms with E-state index < -0.39 is 12.1 Å². The van der Waals surface area contributed by atoms with E-state index in [0.29, 0.717) is 6.42 Å². The number of amides is 2. The van der Waals surface area contributed by atoms with Crippen LogP contribution in [-0.4, -0.2) is 28.9 Å². The number of hydrogen-bond donors (Lipinski definition) is 3. The average Bonchev–Trinajstić information content (AvgIpc) is 2.88. The van der Waals surface area contributed by atoms with Crippen molar-refractivity contribution in [3.8, 4) is 0 Å². The molecule has 0 bridgehead atoms. The van der Waals surface area contributed by atoms with Gasteiger partial charge < -0.3 is 15.6 Å². The van der Waals surface area contributed by atoms with Crippen molar-refractivity contribution < 1.29 is 9.59 Å². The number of hydrogen-bond acceptors (Lipinski definition) is 2. The molecule has 0 unspecified atom stereocenters. The summed E-state index contributed by atoms with van der Waals surface area (Å²) in [5.74, 6) is -0.258. The molecular formula is C19H23N3O2. The monoisotopic (exact) mass is 325 g/mol. The van der Waals surface area contributed by atoms with Crippen molar-refractivity contribution in [3.05, 3.63) is 47.2 Å². The van der Waals surface area contributed by atoms with Crippen LogP contribution < -0.4 is 10.6 Å². The Morgan fingerprint density at radius 2 is 1.88 bits per heavy atom. The van der Waals surface area contributed by atoms with E-state index in [9.17, 15) is 9.59 Å². The van der Waals surface area contributed by atoms with E-state index in [0.717, 1.165) is 28.6 Å². The van der Waals surface area contributed by atoms with Crippen LogP contribution in [0.25, 0.3) is 10.9 Å². The maximum atomic E-state index is 12.2. The molecule has 3 N–H and O–H groups in total. The summed E-state index contributed by atoms with van der Waals surface area (Å²) < 4.78 is 0. The van der Waals surface area contributed by atoms with Crippen molar-refractivity contribution in [1.82, 2.24) is 15.6 Å². The van der Waals surface area contributed by atoms with Crippen molar-refractivity contribution in [1.29, 1.82) is 0 Å². The molecule has 126 valence electrons. The number of carbonyl (C=O) groups is 2. The maximum absolute atomic E-state index is 12.2. The highest BCUT2D eigenvalue weighted by atomic mass is 16.2. The van der Waals surface area contributed by atoms with E-state index in [1.807, 2.05) is 18.2 Å². The maximum Gasteiger partial charge on any atom is 0.243 e.